The molecular formula is C28H23BrClF3N4O4. The number of aromatic nitrogens is 2. The first-order valence-electron chi connectivity index (χ1n) is 12.3. The second-order valence-corrected chi connectivity index (χ2v) is 11.0. The Balaban J connectivity index is 1.51. The maximum Gasteiger partial charge on any atom is 0.403 e. The van der Waals surface area contributed by atoms with Gasteiger partial charge in [-0.25, -0.2) is 9.78 Å². The van der Waals surface area contributed by atoms with Gasteiger partial charge in [0, 0.05) is 29.7 Å². The van der Waals surface area contributed by atoms with Crippen LogP contribution in [0.5, 0.6) is 5.75 Å². The molecule has 0 unspecified atom stereocenters. The van der Waals surface area contributed by atoms with E-state index >= 15 is 0 Å². The fraction of sp³-hybridized carbons (Fsp3) is 0.250. The summed E-state index contributed by atoms with van der Waals surface area (Å²) in [6.07, 6.45) is -5.04. The summed E-state index contributed by atoms with van der Waals surface area (Å²) in [5.74, 6) is -1.76. The van der Waals surface area contributed by atoms with E-state index in [2.05, 4.69) is 26.6 Å². The Hall–Kier alpha value is -3.77. The van der Waals surface area contributed by atoms with Crippen molar-refractivity contribution in [1.29, 1.82) is 0 Å². The SMILES string of the molecule is COc1cc2c(nc(Nc3cc(CNC(=O)C4(C(F)(F)F)CC4)ccc3Cl)n2C)c(-c2ccc(Br)cc2)c1C(=O)O. The van der Waals surface area contributed by atoms with Crippen LogP contribution in [0.3, 0.4) is 0 Å². The first-order valence-corrected chi connectivity index (χ1v) is 13.5. The molecule has 41 heavy (non-hydrogen) atoms. The van der Waals surface area contributed by atoms with Crippen LogP contribution < -0.4 is 15.4 Å². The number of amides is 1. The fourth-order valence-corrected chi connectivity index (χ4v) is 5.12. The number of carboxylic acid groups (broad SMARTS) is 1. The van der Waals surface area contributed by atoms with Crippen molar-refractivity contribution >= 4 is 62.1 Å². The van der Waals surface area contributed by atoms with Crippen LogP contribution >= 0.6 is 27.5 Å². The highest BCUT2D eigenvalue weighted by Crippen LogP contribution is 2.57. The number of aromatic carboxylic acids is 1. The molecule has 5 rings (SSSR count). The Morgan fingerprint density at radius 2 is 1.85 bits per heavy atom. The number of hydrogen-bond acceptors (Lipinski definition) is 5. The molecule has 3 N–H and O–H groups in total. The van der Waals surface area contributed by atoms with Gasteiger partial charge in [-0.2, -0.15) is 13.2 Å². The predicted molar refractivity (Wildman–Crippen MR) is 152 cm³/mol. The highest BCUT2D eigenvalue weighted by Gasteiger charge is 2.68. The zero-order valence-electron chi connectivity index (χ0n) is 21.7. The molecule has 4 aromatic rings. The van der Waals surface area contributed by atoms with Crippen LogP contribution in [0.1, 0.15) is 28.8 Å². The van der Waals surface area contributed by atoms with Crippen LogP contribution in [0, 0.1) is 5.41 Å². The van der Waals surface area contributed by atoms with Gasteiger partial charge in [0.2, 0.25) is 11.9 Å². The minimum atomic E-state index is -4.59. The Morgan fingerprint density at radius 3 is 2.44 bits per heavy atom. The maximum atomic E-state index is 13.3. The van der Waals surface area contributed by atoms with Crippen molar-refractivity contribution < 1.29 is 32.6 Å². The molecule has 3 aromatic carbocycles. The lowest BCUT2D eigenvalue weighted by Crippen LogP contribution is -2.40. The summed E-state index contributed by atoms with van der Waals surface area (Å²) in [7, 11) is 3.12. The van der Waals surface area contributed by atoms with Crippen LogP contribution in [0.25, 0.3) is 22.2 Å². The van der Waals surface area contributed by atoms with Gasteiger partial charge >= 0.3 is 12.1 Å². The number of carboxylic acids is 1. The number of hydrogen-bond donors (Lipinski definition) is 3. The van der Waals surface area contributed by atoms with Crippen LogP contribution in [0.4, 0.5) is 24.8 Å². The summed E-state index contributed by atoms with van der Waals surface area (Å²) in [5.41, 5.74) is 0.513. The standard InChI is InChI=1S/C28H23BrClF3N4O4/c1-37-19-12-20(41-2)22(24(38)39)21(15-4-6-16(29)7-5-15)23(19)36-26(37)35-18-11-14(3-8-17(18)30)13-34-25(40)27(9-10-27)28(31,32)33/h3-8,11-12H,9-10,13H2,1-2H3,(H,34,40)(H,35,36)(H,38,39). The molecular weight excluding hydrogens is 629 g/mol. The number of ether oxygens (including phenoxy) is 1. The fourth-order valence-electron chi connectivity index (χ4n) is 4.70. The van der Waals surface area contributed by atoms with Gasteiger partial charge in [0.05, 0.1) is 28.9 Å². The van der Waals surface area contributed by atoms with Crippen LogP contribution in [-0.4, -0.2) is 39.8 Å². The summed E-state index contributed by atoms with van der Waals surface area (Å²) >= 11 is 9.81. The lowest BCUT2D eigenvalue weighted by atomic mass is 9.97. The van der Waals surface area contributed by atoms with Gasteiger partial charge in [0.25, 0.3) is 0 Å². The monoisotopic (exact) mass is 650 g/mol. The number of methoxy groups -OCH3 is 1. The molecule has 0 saturated heterocycles. The van der Waals surface area contributed by atoms with Gasteiger partial charge < -0.3 is 25.0 Å². The number of anilines is 2. The molecule has 1 amide bonds. The van der Waals surface area contributed by atoms with Gasteiger partial charge in [-0.3, -0.25) is 4.79 Å². The van der Waals surface area contributed by atoms with E-state index in [1.807, 2.05) is 0 Å². The minimum absolute atomic E-state index is 0.0463. The van der Waals surface area contributed by atoms with E-state index < -0.39 is 23.5 Å². The van der Waals surface area contributed by atoms with Gasteiger partial charge in [0.15, 0.2) is 0 Å². The largest absolute Gasteiger partial charge is 0.496 e. The molecule has 0 spiro atoms. The third-order valence-electron chi connectivity index (χ3n) is 7.16. The predicted octanol–water partition coefficient (Wildman–Crippen LogP) is 7.07. The van der Waals surface area contributed by atoms with Crippen LogP contribution in [-0.2, 0) is 18.4 Å². The van der Waals surface area contributed by atoms with Crippen molar-refractivity contribution in [3.63, 3.8) is 0 Å². The molecule has 13 heteroatoms. The highest BCUT2D eigenvalue weighted by molar-refractivity contribution is 9.10. The van der Waals surface area contributed by atoms with Crippen LogP contribution in [0.2, 0.25) is 5.02 Å². The normalized spacial score (nSPS) is 14.1. The van der Waals surface area contributed by atoms with E-state index in [9.17, 15) is 27.9 Å². The third kappa shape index (κ3) is 5.21. The van der Waals surface area contributed by atoms with E-state index in [0.717, 1.165) is 4.47 Å². The Kier molecular flexibility index (Phi) is 7.41. The molecule has 0 atom stereocenters. The van der Waals surface area contributed by atoms with Gasteiger partial charge in [-0.05, 0) is 48.2 Å². The van der Waals surface area contributed by atoms with Crippen LogP contribution in [0.15, 0.2) is 53.0 Å². The van der Waals surface area contributed by atoms with E-state index in [1.54, 1.807) is 60.1 Å². The summed E-state index contributed by atoms with van der Waals surface area (Å²) < 4.78 is 47.8. The Morgan fingerprint density at radius 1 is 1.17 bits per heavy atom. The van der Waals surface area contributed by atoms with E-state index in [0.29, 0.717) is 44.4 Å². The number of aryl methyl sites for hydroxylation is 1. The lowest BCUT2D eigenvalue weighted by Gasteiger charge is -2.18. The molecule has 1 fully saturated rings. The number of nitrogens with one attached hydrogen (secondary N) is 2. The summed E-state index contributed by atoms with van der Waals surface area (Å²) in [6.45, 7) is -0.127. The lowest BCUT2D eigenvalue weighted by molar-refractivity contribution is -0.192. The number of imidazole rings is 1. The van der Waals surface area contributed by atoms with Crippen molar-refractivity contribution in [1.82, 2.24) is 14.9 Å². The van der Waals surface area contributed by atoms with Gasteiger partial charge in [-0.15, -0.1) is 0 Å². The molecule has 1 aromatic heterocycles. The smallest absolute Gasteiger partial charge is 0.403 e. The van der Waals surface area contributed by atoms with Crippen molar-refractivity contribution in [3.05, 3.63) is 69.2 Å². The number of nitrogens with zero attached hydrogens (tertiary/aromatic N) is 2. The number of carbonyl (C=O) groups is 2. The zero-order valence-corrected chi connectivity index (χ0v) is 24.0. The number of halogens is 5. The minimum Gasteiger partial charge on any atom is -0.496 e. The number of alkyl halides is 3. The number of fused-ring (bicyclic) bond motifs is 1. The maximum absolute atomic E-state index is 13.3. The molecule has 1 heterocycles. The van der Waals surface area contributed by atoms with E-state index in [4.69, 9.17) is 21.3 Å². The average Bonchev–Trinajstić information content (AvgIpc) is 3.70. The van der Waals surface area contributed by atoms with E-state index in [1.165, 1.54) is 7.11 Å². The molecule has 0 aliphatic heterocycles. The number of carbonyl (C=O) groups excluding carboxylic acids is 1. The molecule has 0 bridgehead atoms. The number of benzene rings is 3. The summed E-state index contributed by atoms with van der Waals surface area (Å²) in [5, 5.41) is 15.9. The average molecular weight is 652 g/mol. The Bertz CT molecular complexity index is 1680. The first-order chi connectivity index (χ1) is 19.4. The van der Waals surface area contributed by atoms with Crippen molar-refractivity contribution in [2.24, 2.45) is 12.5 Å². The van der Waals surface area contributed by atoms with Gasteiger partial charge in [0.1, 0.15) is 16.7 Å². The zero-order chi connectivity index (χ0) is 29.7. The Labute approximate surface area is 245 Å². The molecule has 0 radical (unpaired) electrons. The first kappa shape index (κ1) is 28.7. The van der Waals surface area contributed by atoms with Crippen molar-refractivity contribution in [2.75, 3.05) is 12.4 Å². The molecule has 214 valence electrons. The van der Waals surface area contributed by atoms with Gasteiger partial charge in [-0.1, -0.05) is 45.7 Å². The quantitative estimate of drug-likeness (QED) is 0.188. The molecule has 8 nitrogen and oxygen atoms in total. The second kappa shape index (κ2) is 10.6. The number of rotatable bonds is 8. The van der Waals surface area contributed by atoms with E-state index in [-0.39, 0.29) is 30.7 Å². The summed E-state index contributed by atoms with van der Waals surface area (Å²) in [4.78, 5) is 29.3. The molecule has 1 aliphatic carbocycles. The second-order valence-electron chi connectivity index (χ2n) is 9.70. The molecule has 1 saturated carbocycles. The summed E-state index contributed by atoms with van der Waals surface area (Å²) in [6, 6.07) is 13.5. The van der Waals surface area contributed by atoms with Crippen molar-refractivity contribution in [2.45, 2.75) is 25.6 Å². The topological polar surface area (TPSA) is 105 Å². The third-order valence-corrected chi connectivity index (χ3v) is 8.02. The molecule has 1 aliphatic rings. The highest BCUT2D eigenvalue weighted by atomic mass is 79.9. The van der Waals surface area contributed by atoms with Crippen molar-refractivity contribution in [3.8, 4) is 16.9 Å².